The summed E-state index contributed by atoms with van der Waals surface area (Å²) >= 11 is 11.7. The van der Waals surface area contributed by atoms with E-state index in [-0.39, 0.29) is 12.5 Å². The minimum Gasteiger partial charge on any atom is -0.343 e. The van der Waals surface area contributed by atoms with Crippen LogP contribution in [0.15, 0.2) is 53.1 Å². The largest absolute Gasteiger partial charge is 0.343 e. The van der Waals surface area contributed by atoms with Gasteiger partial charge < -0.3 is 9.84 Å². The van der Waals surface area contributed by atoms with E-state index >= 15 is 0 Å². The van der Waals surface area contributed by atoms with Crippen LogP contribution >= 0.6 is 23.2 Å². The van der Waals surface area contributed by atoms with E-state index in [0.29, 0.717) is 27.3 Å². The lowest BCUT2D eigenvalue weighted by molar-refractivity contribution is 0.0946. The number of halogens is 2. The van der Waals surface area contributed by atoms with E-state index in [1.54, 1.807) is 12.1 Å². The third kappa shape index (κ3) is 3.70. The lowest BCUT2D eigenvalue weighted by Crippen LogP contribution is -2.22. The van der Waals surface area contributed by atoms with Gasteiger partial charge >= 0.3 is 0 Å². The van der Waals surface area contributed by atoms with E-state index < -0.39 is 0 Å². The molecule has 3 rings (SSSR count). The third-order valence-corrected chi connectivity index (χ3v) is 3.82. The van der Waals surface area contributed by atoms with Gasteiger partial charge in [-0.2, -0.15) is 4.98 Å². The zero-order chi connectivity index (χ0) is 16.2. The van der Waals surface area contributed by atoms with Gasteiger partial charge in [-0.15, -0.1) is 0 Å². The Morgan fingerprint density at radius 3 is 2.61 bits per heavy atom. The fourth-order valence-corrected chi connectivity index (χ4v) is 2.22. The first-order valence-corrected chi connectivity index (χ1v) is 7.50. The monoisotopic (exact) mass is 347 g/mol. The summed E-state index contributed by atoms with van der Waals surface area (Å²) in [5.41, 5.74) is 1.25. The zero-order valence-electron chi connectivity index (χ0n) is 11.8. The van der Waals surface area contributed by atoms with Crippen LogP contribution in [0.4, 0.5) is 0 Å². The van der Waals surface area contributed by atoms with Crippen molar-refractivity contribution >= 4 is 29.1 Å². The smallest absolute Gasteiger partial charge is 0.251 e. The molecule has 0 saturated carbocycles. The third-order valence-electron chi connectivity index (χ3n) is 3.08. The molecule has 0 saturated heterocycles. The van der Waals surface area contributed by atoms with Gasteiger partial charge in [0.25, 0.3) is 5.91 Å². The maximum atomic E-state index is 12.1. The van der Waals surface area contributed by atoms with Crippen LogP contribution < -0.4 is 5.32 Å². The molecule has 23 heavy (non-hydrogen) atoms. The maximum absolute atomic E-state index is 12.1. The molecule has 3 aromatic rings. The van der Waals surface area contributed by atoms with E-state index in [0.717, 1.165) is 5.56 Å². The summed E-state index contributed by atoms with van der Waals surface area (Å²) in [4.78, 5) is 16.3. The number of aromatic nitrogens is 2. The van der Waals surface area contributed by atoms with Crippen LogP contribution in [0.25, 0.3) is 11.4 Å². The van der Waals surface area contributed by atoms with Crippen molar-refractivity contribution in [2.45, 2.75) is 6.54 Å². The van der Waals surface area contributed by atoms with Crippen molar-refractivity contribution in [1.29, 1.82) is 0 Å². The molecular weight excluding hydrogens is 337 g/mol. The minimum absolute atomic E-state index is 0.124. The molecule has 0 unspecified atom stereocenters. The molecule has 2 aromatic carbocycles. The number of benzene rings is 2. The first-order chi connectivity index (χ1) is 11.1. The molecular formula is C16H11Cl2N3O2. The molecule has 0 aliphatic rings. The van der Waals surface area contributed by atoms with E-state index in [9.17, 15) is 4.79 Å². The van der Waals surface area contributed by atoms with Crippen LogP contribution in [0, 0.1) is 0 Å². The summed E-state index contributed by atoms with van der Waals surface area (Å²) in [6.07, 6.45) is 0. The summed E-state index contributed by atoms with van der Waals surface area (Å²) in [5, 5.41) is 7.30. The van der Waals surface area contributed by atoms with Crippen molar-refractivity contribution in [3.63, 3.8) is 0 Å². The molecule has 5 nitrogen and oxygen atoms in total. The molecule has 7 heteroatoms. The molecule has 1 amide bonds. The molecule has 0 atom stereocenters. The maximum Gasteiger partial charge on any atom is 0.251 e. The molecule has 1 aromatic heterocycles. The van der Waals surface area contributed by atoms with Gasteiger partial charge in [-0.25, -0.2) is 0 Å². The number of carbonyl (C=O) groups is 1. The SMILES string of the molecule is O=C(NCc1nc(-c2ccccc2)no1)c1ccc(Cl)c(Cl)c1. The summed E-state index contributed by atoms with van der Waals surface area (Å²) in [7, 11) is 0. The second-order valence-corrected chi connectivity index (χ2v) is 5.50. The Bertz CT molecular complexity index is 834. The van der Waals surface area contributed by atoms with Crippen molar-refractivity contribution in [2.24, 2.45) is 0 Å². The Morgan fingerprint density at radius 2 is 1.87 bits per heavy atom. The molecule has 0 aliphatic heterocycles. The normalized spacial score (nSPS) is 10.5. The fraction of sp³-hybridized carbons (Fsp3) is 0.0625. The lowest BCUT2D eigenvalue weighted by Gasteiger charge is -2.03. The van der Waals surface area contributed by atoms with Gasteiger partial charge in [-0.3, -0.25) is 4.79 Å². The number of carbonyl (C=O) groups excluding carboxylic acids is 1. The van der Waals surface area contributed by atoms with Gasteiger partial charge in [0.1, 0.15) is 0 Å². The molecule has 0 aliphatic carbocycles. The van der Waals surface area contributed by atoms with Crippen LogP contribution in [0.1, 0.15) is 16.2 Å². The van der Waals surface area contributed by atoms with Gasteiger partial charge in [-0.1, -0.05) is 58.7 Å². The topological polar surface area (TPSA) is 68.0 Å². The Balaban J connectivity index is 1.65. The molecule has 0 fully saturated rings. The van der Waals surface area contributed by atoms with E-state index in [1.165, 1.54) is 6.07 Å². The van der Waals surface area contributed by atoms with Crippen molar-refractivity contribution in [3.05, 3.63) is 70.0 Å². The Hall–Kier alpha value is -2.37. The van der Waals surface area contributed by atoms with Crippen molar-refractivity contribution in [1.82, 2.24) is 15.5 Å². The first kappa shape index (κ1) is 15.5. The summed E-state index contributed by atoms with van der Waals surface area (Å²) in [5.74, 6) is 0.490. The van der Waals surface area contributed by atoms with Crippen molar-refractivity contribution < 1.29 is 9.32 Å². The number of hydrogen-bond acceptors (Lipinski definition) is 4. The van der Waals surface area contributed by atoms with Crippen LogP contribution in [0.3, 0.4) is 0 Å². The molecule has 0 spiro atoms. The predicted octanol–water partition coefficient (Wildman–Crippen LogP) is 3.97. The summed E-state index contributed by atoms with van der Waals surface area (Å²) in [6.45, 7) is 0.124. The predicted molar refractivity (Wildman–Crippen MR) is 87.4 cm³/mol. The Morgan fingerprint density at radius 1 is 1.09 bits per heavy atom. The van der Waals surface area contributed by atoms with Gasteiger partial charge in [0.15, 0.2) is 0 Å². The summed E-state index contributed by atoms with van der Waals surface area (Å²) in [6, 6.07) is 14.1. The Kier molecular flexibility index (Phi) is 4.60. The first-order valence-electron chi connectivity index (χ1n) is 6.75. The van der Waals surface area contributed by atoms with Gasteiger partial charge in [0.05, 0.1) is 16.6 Å². The highest BCUT2D eigenvalue weighted by atomic mass is 35.5. The number of amides is 1. The van der Waals surface area contributed by atoms with Crippen LogP contribution in [-0.2, 0) is 6.54 Å². The van der Waals surface area contributed by atoms with E-state index in [4.69, 9.17) is 27.7 Å². The second-order valence-electron chi connectivity index (χ2n) is 4.69. The lowest BCUT2D eigenvalue weighted by atomic mass is 10.2. The number of rotatable bonds is 4. The minimum atomic E-state index is -0.303. The highest BCUT2D eigenvalue weighted by molar-refractivity contribution is 6.42. The number of nitrogens with one attached hydrogen (secondary N) is 1. The average molecular weight is 348 g/mol. The zero-order valence-corrected chi connectivity index (χ0v) is 13.3. The van der Waals surface area contributed by atoms with Crippen LogP contribution in [0.5, 0.6) is 0 Å². The number of nitrogens with zero attached hydrogens (tertiary/aromatic N) is 2. The fourth-order valence-electron chi connectivity index (χ4n) is 1.93. The van der Waals surface area contributed by atoms with Gasteiger partial charge in [0.2, 0.25) is 11.7 Å². The molecule has 0 bridgehead atoms. The van der Waals surface area contributed by atoms with Gasteiger partial charge in [-0.05, 0) is 18.2 Å². The molecule has 1 N–H and O–H groups in total. The van der Waals surface area contributed by atoms with Crippen molar-refractivity contribution in [3.8, 4) is 11.4 Å². The standard InChI is InChI=1S/C16H11Cl2N3O2/c17-12-7-6-11(8-13(12)18)16(22)19-9-14-20-15(21-23-14)10-4-2-1-3-5-10/h1-8H,9H2,(H,19,22). The van der Waals surface area contributed by atoms with Gasteiger partial charge in [0, 0.05) is 11.1 Å². The molecule has 1 heterocycles. The highest BCUT2D eigenvalue weighted by Gasteiger charge is 2.11. The molecule has 0 radical (unpaired) electrons. The highest BCUT2D eigenvalue weighted by Crippen LogP contribution is 2.22. The quantitative estimate of drug-likeness (QED) is 0.775. The average Bonchev–Trinajstić information content (AvgIpc) is 3.05. The van der Waals surface area contributed by atoms with Crippen LogP contribution in [0.2, 0.25) is 10.0 Å². The Labute approximate surface area is 142 Å². The second kappa shape index (κ2) is 6.81. The van der Waals surface area contributed by atoms with Crippen LogP contribution in [-0.4, -0.2) is 16.0 Å². The van der Waals surface area contributed by atoms with E-state index in [2.05, 4.69) is 15.5 Å². The number of hydrogen-bond donors (Lipinski definition) is 1. The summed E-state index contributed by atoms with van der Waals surface area (Å²) < 4.78 is 5.13. The van der Waals surface area contributed by atoms with E-state index in [1.807, 2.05) is 30.3 Å². The van der Waals surface area contributed by atoms with Crippen molar-refractivity contribution in [2.75, 3.05) is 0 Å². The molecule has 116 valence electrons.